The minimum atomic E-state index is -3.63. The average Bonchev–Trinajstić information content (AvgIpc) is 2.61. The van der Waals surface area contributed by atoms with Gasteiger partial charge in [-0.05, 0) is 70.0 Å². The molecule has 0 saturated carbocycles. The topological polar surface area (TPSA) is 75.7 Å². The van der Waals surface area contributed by atoms with Crippen molar-refractivity contribution >= 4 is 21.6 Å². The van der Waals surface area contributed by atoms with Crippen molar-refractivity contribution in [3.05, 3.63) is 59.2 Å². The minimum Gasteiger partial charge on any atom is -0.491 e. The number of carbonyl (C=O) groups excluding carboxylic acids is 1. The number of anilines is 1. The molecule has 0 unspecified atom stereocenters. The quantitative estimate of drug-likeness (QED) is 0.709. The lowest BCUT2D eigenvalue weighted by atomic mass is 10.00. The predicted molar refractivity (Wildman–Crippen MR) is 117 cm³/mol. The van der Waals surface area contributed by atoms with Crippen LogP contribution in [0.2, 0.25) is 0 Å². The Kier molecular flexibility index (Phi) is 7.30. The minimum absolute atomic E-state index is 0.0178. The number of hydrogen-bond acceptors (Lipinski definition) is 4. The van der Waals surface area contributed by atoms with Crippen molar-refractivity contribution < 1.29 is 17.9 Å². The molecule has 0 fully saturated rings. The molecule has 1 amide bonds. The standard InChI is InChI=1S/C22H30N2O4S/c1-15(2)28-20-11-9-19(10-12-20)24(29(6,26)27)14-22(25)23-18(5)21-13-16(3)7-8-17(21)4/h7-13,15,18H,14H2,1-6H3,(H,23,25)/t18-/m0/s1. The second-order valence-corrected chi connectivity index (χ2v) is 9.49. The van der Waals surface area contributed by atoms with Crippen molar-refractivity contribution in [1.29, 1.82) is 0 Å². The van der Waals surface area contributed by atoms with Gasteiger partial charge in [0.2, 0.25) is 15.9 Å². The fourth-order valence-electron chi connectivity index (χ4n) is 3.08. The van der Waals surface area contributed by atoms with Crippen LogP contribution in [-0.2, 0) is 14.8 Å². The molecule has 0 heterocycles. The maximum absolute atomic E-state index is 12.6. The maximum atomic E-state index is 12.6. The van der Waals surface area contributed by atoms with Gasteiger partial charge in [0, 0.05) is 0 Å². The van der Waals surface area contributed by atoms with Crippen LogP contribution in [0.3, 0.4) is 0 Å². The Bertz CT molecular complexity index is 953. The van der Waals surface area contributed by atoms with Gasteiger partial charge in [-0.2, -0.15) is 0 Å². The average molecular weight is 419 g/mol. The summed E-state index contributed by atoms with van der Waals surface area (Å²) in [6, 6.07) is 12.5. The Labute approximate surface area is 173 Å². The van der Waals surface area contributed by atoms with Crippen molar-refractivity contribution in [2.45, 2.75) is 46.8 Å². The molecule has 158 valence electrons. The number of nitrogens with one attached hydrogen (secondary N) is 1. The molecule has 0 radical (unpaired) electrons. The first-order valence-electron chi connectivity index (χ1n) is 9.58. The number of amides is 1. The van der Waals surface area contributed by atoms with Crippen LogP contribution < -0.4 is 14.4 Å². The van der Waals surface area contributed by atoms with Gasteiger partial charge in [0.1, 0.15) is 12.3 Å². The summed E-state index contributed by atoms with van der Waals surface area (Å²) >= 11 is 0. The highest BCUT2D eigenvalue weighted by Gasteiger charge is 2.22. The van der Waals surface area contributed by atoms with Crippen molar-refractivity contribution in [1.82, 2.24) is 5.32 Å². The maximum Gasteiger partial charge on any atom is 0.241 e. The van der Waals surface area contributed by atoms with E-state index in [1.165, 1.54) is 0 Å². The number of ether oxygens (including phenoxy) is 1. The zero-order chi connectivity index (χ0) is 21.8. The smallest absolute Gasteiger partial charge is 0.241 e. The van der Waals surface area contributed by atoms with E-state index in [0.29, 0.717) is 11.4 Å². The number of nitrogens with zero attached hydrogens (tertiary/aromatic N) is 1. The van der Waals surface area contributed by atoms with Gasteiger partial charge >= 0.3 is 0 Å². The molecule has 0 aromatic heterocycles. The lowest BCUT2D eigenvalue weighted by molar-refractivity contribution is -0.120. The van der Waals surface area contributed by atoms with E-state index in [2.05, 4.69) is 5.32 Å². The van der Waals surface area contributed by atoms with E-state index >= 15 is 0 Å². The SMILES string of the molecule is Cc1ccc(C)c([C@H](C)NC(=O)CN(c2ccc(OC(C)C)cc2)S(C)(=O)=O)c1. The second kappa shape index (κ2) is 9.31. The molecule has 6 nitrogen and oxygen atoms in total. The number of hydrogen-bond donors (Lipinski definition) is 1. The molecule has 2 rings (SSSR count). The molecule has 0 saturated heterocycles. The lowest BCUT2D eigenvalue weighted by Crippen LogP contribution is -2.41. The summed E-state index contributed by atoms with van der Waals surface area (Å²) in [4.78, 5) is 12.6. The highest BCUT2D eigenvalue weighted by molar-refractivity contribution is 7.92. The molecule has 0 aliphatic carbocycles. The predicted octanol–water partition coefficient (Wildman–Crippen LogP) is 3.73. The van der Waals surface area contributed by atoms with E-state index in [1.807, 2.05) is 52.8 Å². The molecule has 1 atom stereocenters. The van der Waals surface area contributed by atoms with Crippen molar-refractivity contribution in [3.63, 3.8) is 0 Å². The van der Waals surface area contributed by atoms with Gasteiger partial charge in [-0.3, -0.25) is 9.10 Å². The second-order valence-electron chi connectivity index (χ2n) is 7.58. The summed E-state index contributed by atoms with van der Waals surface area (Å²) in [5, 5.41) is 2.90. The summed E-state index contributed by atoms with van der Waals surface area (Å²) in [6.07, 6.45) is 1.11. The third-order valence-corrected chi connectivity index (χ3v) is 5.60. The van der Waals surface area contributed by atoms with Gasteiger partial charge in [-0.25, -0.2) is 8.42 Å². The Morgan fingerprint density at radius 2 is 1.69 bits per heavy atom. The van der Waals surface area contributed by atoms with E-state index in [1.54, 1.807) is 24.3 Å². The van der Waals surface area contributed by atoms with E-state index in [9.17, 15) is 13.2 Å². The molecule has 2 aromatic rings. The summed E-state index contributed by atoms with van der Waals surface area (Å²) in [7, 11) is -3.63. The highest BCUT2D eigenvalue weighted by Crippen LogP contribution is 2.23. The summed E-state index contributed by atoms with van der Waals surface area (Å²) in [5.41, 5.74) is 3.61. The van der Waals surface area contributed by atoms with Crippen molar-refractivity contribution in [2.24, 2.45) is 0 Å². The molecule has 29 heavy (non-hydrogen) atoms. The van der Waals surface area contributed by atoms with Crippen LogP contribution in [0.25, 0.3) is 0 Å². The molecule has 2 aromatic carbocycles. The number of aryl methyl sites for hydroxylation is 2. The highest BCUT2D eigenvalue weighted by atomic mass is 32.2. The molecule has 7 heteroatoms. The van der Waals surface area contributed by atoms with Crippen LogP contribution in [-0.4, -0.2) is 33.2 Å². The molecule has 0 spiro atoms. The van der Waals surface area contributed by atoms with Gasteiger partial charge in [0.15, 0.2) is 0 Å². The molecule has 1 N–H and O–H groups in total. The van der Waals surface area contributed by atoms with Crippen LogP contribution in [0.1, 0.15) is 43.5 Å². The summed E-state index contributed by atoms with van der Waals surface area (Å²) in [6.45, 7) is 9.41. The number of rotatable bonds is 8. The van der Waals surface area contributed by atoms with Crippen LogP contribution in [0.4, 0.5) is 5.69 Å². The third-order valence-electron chi connectivity index (χ3n) is 4.46. The largest absolute Gasteiger partial charge is 0.491 e. The van der Waals surface area contributed by atoms with Crippen LogP contribution in [0.5, 0.6) is 5.75 Å². The van der Waals surface area contributed by atoms with Crippen molar-refractivity contribution in [3.8, 4) is 5.75 Å². The fourth-order valence-corrected chi connectivity index (χ4v) is 3.94. The third kappa shape index (κ3) is 6.49. The number of benzene rings is 2. The van der Waals surface area contributed by atoms with Crippen molar-refractivity contribution in [2.75, 3.05) is 17.1 Å². The zero-order valence-electron chi connectivity index (χ0n) is 17.9. The Hall–Kier alpha value is -2.54. The Morgan fingerprint density at radius 3 is 2.24 bits per heavy atom. The first-order chi connectivity index (χ1) is 13.5. The molecule has 0 bridgehead atoms. The zero-order valence-corrected chi connectivity index (χ0v) is 18.7. The van der Waals surface area contributed by atoms with E-state index < -0.39 is 10.0 Å². The Balaban J connectivity index is 2.16. The van der Waals surface area contributed by atoms with E-state index in [0.717, 1.165) is 27.3 Å². The molecular weight excluding hydrogens is 388 g/mol. The van der Waals surface area contributed by atoms with Gasteiger partial charge < -0.3 is 10.1 Å². The van der Waals surface area contributed by atoms with Gasteiger partial charge in [0.05, 0.1) is 24.1 Å². The number of carbonyl (C=O) groups is 1. The summed E-state index contributed by atoms with van der Waals surface area (Å²) < 4.78 is 31.3. The fraction of sp³-hybridized carbons (Fsp3) is 0.409. The van der Waals surface area contributed by atoms with Gasteiger partial charge in [0.25, 0.3) is 0 Å². The van der Waals surface area contributed by atoms with Gasteiger partial charge in [-0.1, -0.05) is 23.8 Å². The first-order valence-corrected chi connectivity index (χ1v) is 11.4. The van der Waals surface area contributed by atoms with Crippen LogP contribution >= 0.6 is 0 Å². The molecular formula is C22H30N2O4S. The van der Waals surface area contributed by atoms with E-state index in [-0.39, 0.29) is 24.6 Å². The normalized spacial score (nSPS) is 12.5. The number of sulfonamides is 1. The Morgan fingerprint density at radius 1 is 1.07 bits per heavy atom. The lowest BCUT2D eigenvalue weighted by Gasteiger charge is -2.24. The monoisotopic (exact) mass is 418 g/mol. The van der Waals surface area contributed by atoms with Crippen LogP contribution in [0.15, 0.2) is 42.5 Å². The van der Waals surface area contributed by atoms with E-state index in [4.69, 9.17) is 4.74 Å². The van der Waals surface area contributed by atoms with Gasteiger partial charge in [-0.15, -0.1) is 0 Å². The molecule has 0 aliphatic rings. The van der Waals surface area contributed by atoms with Crippen LogP contribution in [0, 0.1) is 13.8 Å². The first kappa shape index (κ1) is 22.7. The summed E-state index contributed by atoms with van der Waals surface area (Å²) in [5.74, 6) is 0.275. The molecule has 0 aliphatic heterocycles.